The lowest BCUT2D eigenvalue weighted by Crippen LogP contribution is -2.13. The standard InChI is InChI=1S/C11H14N2S2/c1-8(14-2)7-13-11-9-4-6-15-10(9)3-5-12-11/h3-6,8H,7H2,1-2H3,(H,12,13). The van der Waals surface area contributed by atoms with Crippen LogP contribution in [0.1, 0.15) is 6.92 Å². The zero-order valence-electron chi connectivity index (χ0n) is 8.86. The lowest BCUT2D eigenvalue weighted by atomic mass is 10.3. The predicted octanol–water partition coefficient (Wildman–Crippen LogP) is 3.46. The zero-order valence-corrected chi connectivity index (χ0v) is 10.5. The quantitative estimate of drug-likeness (QED) is 0.883. The highest BCUT2D eigenvalue weighted by atomic mass is 32.2. The molecule has 2 aromatic rings. The Morgan fingerprint density at radius 1 is 1.53 bits per heavy atom. The molecule has 0 aliphatic rings. The van der Waals surface area contributed by atoms with Gasteiger partial charge >= 0.3 is 0 Å². The molecule has 2 nitrogen and oxygen atoms in total. The Bertz CT molecular complexity index is 439. The number of thioether (sulfide) groups is 1. The lowest BCUT2D eigenvalue weighted by molar-refractivity contribution is 0.995. The van der Waals surface area contributed by atoms with Crippen LogP contribution < -0.4 is 5.32 Å². The molecule has 4 heteroatoms. The minimum absolute atomic E-state index is 0.612. The van der Waals surface area contributed by atoms with Crippen molar-refractivity contribution in [2.24, 2.45) is 0 Å². The third-order valence-corrected chi connectivity index (χ3v) is 4.19. The first-order chi connectivity index (χ1) is 7.31. The first-order valence-corrected chi connectivity index (χ1v) is 7.07. The van der Waals surface area contributed by atoms with E-state index in [0.717, 1.165) is 12.4 Å². The van der Waals surface area contributed by atoms with Gasteiger partial charge in [0.1, 0.15) is 5.82 Å². The van der Waals surface area contributed by atoms with Crippen LogP contribution in [0.15, 0.2) is 23.7 Å². The molecule has 1 atom stereocenters. The van der Waals surface area contributed by atoms with Crippen LogP contribution in [0.25, 0.3) is 10.1 Å². The van der Waals surface area contributed by atoms with Crippen LogP contribution in [-0.4, -0.2) is 23.0 Å². The van der Waals surface area contributed by atoms with E-state index >= 15 is 0 Å². The molecular formula is C11H14N2S2. The molecule has 0 saturated carbocycles. The van der Waals surface area contributed by atoms with Crippen LogP contribution >= 0.6 is 23.1 Å². The second-order valence-corrected chi connectivity index (χ2v) is 5.64. The van der Waals surface area contributed by atoms with Crippen LogP contribution in [-0.2, 0) is 0 Å². The Morgan fingerprint density at radius 3 is 3.20 bits per heavy atom. The molecule has 1 unspecified atom stereocenters. The molecule has 0 radical (unpaired) electrons. The maximum absolute atomic E-state index is 4.37. The minimum Gasteiger partial charge on any atom is -0.368 e. The van der Waals surface area contributed by atoms with Gasteiger partial charge in [-0.1, -0.05) is 6.92 Å². The smallest absolute Gasteiger partial charge is 0.134 e. The molecule has 1 N–H and O–H groups in total. The third-order valence-electron chi connectivity index (χ3n) is 2.34. The van der Waals surface area contributed by atoms with E-state index in [1.165, 1.54) is 10.1 Å². The molecule has 0 aliphatic carbocycles. The monoisotopic (exact) mass is 238 g/mol. The average Bonchev–Trinajstić information content (AvgIpc) is 2.74. The largest absolute Gasteiger partial charge is 0.368 e. The van der Waals surface area contributed by atoms with Gasteiger partial charge in [0.05, 0.1) is 0 Å². The van der Waals surface area contributed by atoms with E-state index < -0.39 is 0 Å². The molecule has 0 spiro atoms. The third kappa shape index (κ3) is 2.44. The summed E-state index contributed by atoms with van der Waals surface area (Å²) in [6.45, 7) is 3.18. The summed E-state index contributed by atoms with van der Waals surface area (Å²) in [7, 11) is 0. The Balaban J connectivity index is 2.17. The van der Waals surface area contributed by atoms with Crippen molar-refractivity contribution in [3.05, 3.63) is 23.7 Å². The van der Waals surface area contributed by atoms with Crippen LogP contribution in [0.4, 0.5) is 5.82 Å². The summed E-state index contributed by atoms with van der Waals surface area (Å²) in [6, 6.07) is 4.18. The van der Waals surface area contributed by atoms with Gasteiger partial charge in [0, 0.05) is 28.1 Å². The van der Waals surface area contributed by atoms with Crippen LogP contribution in [0.3, 0.4) is 0 Å². The fourth-order valence-corrected chi connectivity index (χ4v) is 2.39. The fraction of sp³-hybridized carbons (Fsp3) is 0.364. The lowest BCUT2D eigenvalue weighted by Gasteiger charge is -2.10. The number of hydrogen-bond acceptors (Lipinski definition) is 4. The minimum atomic E-state index is 0.612. The highest BCUT2D eigenvalue weighted by Gasteiger charge is 2.04. The van der Waals surface area contributed by atoms with Gasteiger partial charge in [0.2, 0.25) is 0 Å². The van der Waals surface area contributed by atoms with Crippen molar-refractivity contribution in [3.63, 3.8) is 0 Å². The Labute approximate surface area is 98.1 Å². The van der Waals surface area contributed by atoms with Gasteiger partial charge in [-0.15, -0.1) is 11.3 Å². The summed E-state index contributed by atoms with van der Waals surface area (Å²) < 4.78 is 1.30. The van der Waals surface area contributed by atoms with Gasteiger partial charge in [0.15, 0.2) is 0 Å². The molecule has 0 amide bonds. The highest BCUT2D eigenvalue weighted by molar-refractivity contribution is 7.99. The van der Waals surface area contributed by atoms with Crippen LogP contribution in [0.2, 0.25) is 0 Å². The highest BCUT2D eigenvalue weighted by Crippen LogP contribution is 2.25. The first kappa shape index (κ1) is 10.8. The van der Waals surface area contributed by atoms with Gasteiger partial charge in [0.25, 0.3) is 0 Å². The van der Waals surface area contributed by atoms with Gasteiger partial charge < -0.3 is 5.32 Å². The Morgan fingerprint density at radius 2 is 2.40 bits per heavy atom. The average molecular weight is 238 g/mol. The van der Waals surface area contributed by atoms with E-state index in [-0.39, 0.29) is 0 Å². The topological polar surface area (TPSA) is 24.9 Å². The van der Waals surface area contributed by atoms with Crippen molar-refractivity contribution in [1.29, 1.82) is 0 Å². The SMILES string of the molecule is CSC(C)CNc1nccc2sccc12. The number of nitrogens with one attached hydrogen (secondary N) is 1. The van der Waals surface area contributed by atoms with Gasteiger partial charge in [-0.25, -0.2) is 4.98 Å². The molecule has 0 fully saturated rings. The maximum Gasteiger partial charge on any atom is 0.134 e. The number of rotatable bonds is 4. The van der Waals surface area contributed by atoms with Crippen molar-refractivity contribution in [1.82, 2.24) is 4.98 Å². The second kappa shape index (κ2) is 4.86. The van der Waals surface area contributed by atoms with Crippen molar-refractivity contribution in [2.75, 3.05) is 18.1 Å². The molecule has 15 heavy (non-hydrogen) atoms. The summed E-state index contributed by atoms with van der Waals surface area (Å²) in [5.41, 5.74) is 0. The van der Waals surface area contributed by atoms with Crippen LogP contribution in [0.5, 0.6) is 0 Å². The number of hydrogen-bond donors (Lipinski definition) is 1. The molecule has 0 aliphatic heterocycles. The Hall–Kier alpha value is -0.740. The molecule has 2 heterocycles. The van der Waals surface area contributed by atoms with E-state index in [9.17, 15) is 0 Å². The van der Waals surface area contributed by atoms with Crippen molar-refractivity contribution in [3.8, 4) is 0 Å². The van der Waals surface area contributed by atoms with E-state index in [2.05, 4.69) is 41.0 Å². The molecule has 0 saturated heterocycles. The van der Waals surface area contributed by atoms with Crippen molar-refractivity contribution in [2.45, 2.75) is 12.2 Å². The summed E-state index contributed by atoms with van der Waals surface area (Å²) >= 11 is 3.62. The van der Waals surface area contributed by atoms with E-state index in [4.69, 9.17) is 0 Å². The van der Waals surface area contributed by atoms with E-state index in [0.29, 0.717) is 5.25 Å². The number of pyridine rings is 1. The predicted molar refractivity (Wildman–Crippen MR) is 71.1 cm³/mol. The van der Waals surface area contributed by atoms with Gasteiger partial charge in [-0.05, 0) is 23.8 Å². The number of aromatic nitrogens is 1. The van der Waals surface area contributed by atoms with Gasteiger partial charge in [-0.2, -0.15) is 11.8 Å². The summed E-state index contributed by atoms with van der Waals surface area (Å²) in [4.78, 5) is 4.37. The Kier molecular flexibility index (Phi) is 3.49. The van der Waals surface area contributed by atoms with Crippen molar-refractivity contribution >= 4 is 39.0 Å². The van der Waals surface area contributed by atoms with E-state index in [1.807, 2.05) is 18.0 Å². The summed E-state index contributed by atoms with van der Waals surface area (Å²) in [5.74, 6) is 1.01. The molecule has 0 aromatic carbocycles. The van der Waals surface area contributed by atoms with Crippen LogP contribution in [0, 0.1) is 0 Å². The normalized spacial score (nSPS) is 12.9. The zero-order chi connectivity index (χ0) is 10.7. The summed E-state index contributed by atoms with van der Waals surface area (Å²) in [5, 5.41) is 7.35. The molecule has 2 aromatic heterocycles. The number of anilines is 1. The molecule has 0 bridgehead atoms. The number of nitrogens with zero attached hydrogens (tertiary/aromatic N) is 1. The van der Waals surface area contributed by atoms with Gasteiger partial charge in [-0.3, -0.25) is 0 Å². The van der Waals surface area contributed by atoms with Crippen molar-refractivity contribution < 1.29 is 0 Å². The second-order valence-electron chi connectivity index (χ2n) is 3.42. The number of fused-ring (bicyclic) bond motifs is 1. The molecule has 80 valence electrons. The number of thiophene rings is 1. The van der Waals surface area contributed by atoms with E-state index in [1.54, 1.807) is 11.3 Å². The molecule has 2 rings (SSSR count). The fourth-order valence-electron chi connectivity index (χ4n) is 1.36. The maximum atomic E-state index is 4.37. The summed E-state index contributed by atoms with van der Waals surface area (Å²) in [6.07, 6.45) is 4.00. The first-order valence-electron chi connectivity index (χ1n) is 4.90. The molecular weight excluding hydrogens is 224 g/mol.